The van der Waals surface area contributed by atoms with E-state index in [9.17, 15) is 4.39 Å². The fraction of sp³-hybridized carbons (Fsp3) is 0.294. The van der Waals surface area contributed by atoms with E-state index in [0.29, 0.717) is 5.25 Å². The Kier molecular flexibility index (Phi) is 5.62. The van der Waals surface area contributed by atoms with E-state index in [2.05, 4.69) is 43.4 Å². The van der Waals surface area contributed by atoms with Gasteiger partial charge in [0.2, 0.25) is 0 Å². The molecule has 2 rings (SSSR count). The molecular formula is C17H20FNS. The molecule has 0 radical (unpaired) electrons. The summed E-state index contributed by atoms with van der Waals surface area (Å²) in [6.45, 7) is 5.19. The molecule has 2 atom stereocenters. The van der Waals surface area contributed by atoms with E-state index >= 15 is 0 Å². The molecule has 0 saturated heterocycles. The zero-order valence-electron chi connectivity index (χ0n) is 11.8. The van der Waals surface area contributed by atoms with Crippen LogP contribution in [0.2, 0.25) is 0 Å². The topological polar surface area (TPSA) is 12.0 Å². The summed E-state index contributed by atoms with van der Waals surface area (Å²) in [6.07, 6.45) is 0. The Hall–Kier alpha value is -1.32. The smallest absolute Gasteiger partial charge is 0.124 e. The monoisotopic (exact) mass is 289 g/mol. The summed E-state index contributed by atoms with van der Waals surface area (Å²) in [5.74, 6) is -0.179. The SMILES string of the molecule is CCNC(c1ccccc1)C(C)Sc1cccc(F)c1. The highest BCUT2D eigenvalue weighted by molar-refractivity contribution is 8.00. The van der Waals surface area contributed by atoms with E-state index < -0.39 is 0 Å². The fourth-order valence-electron chi connectivity index (χ4n) is 2.26. The van der Waals surface area contributed by atoms with Crippen LogP contribution in [0.5, 0.6) is 0 Å². The number of thioether (sulfide) groups is 1. The maximum absolute atomic E-state index is 13.3. The van der Waals surface area contributed by atoms with E-state index in [1.807, 2.05) is 12.1 Å². The molecule has 20 heavy (non-hydrogen) atoms. The van der Waals surface area contributed by atoms with Gasteiger partial charge in [-0.3, -0.25) is 0 Å². The summed E-state index contributed by atoms with van der Waals surface area (Å²) in [7, 11) is 0. The van der Waals surface area contributed by atoms with E-state index in [4.69, 9.17) is 0 Å². The van der Waals surface area contributed by atoms with Crippen molar-refractivity contribution in [2.75, 3.05) is 6.54 Å². The number of nitrogens with one attached hydrogen (secondary N) is 1. The van der Waals surface area contributed by atoms with Crippen molar-refractivity contribution in [3.8, 4) is 0 Å². The molecule has 0 fully saturated rings. The second kappa shape index (κ2) is 7.46. The first-order valence-corrected chi connectivity index (χ1v) is 7.79. The van der Waals surface area contributed by atoms with Gasteiger partial charge < -0.3 is 5.32 Å². The third kappa shape index (κ3) is 4.09. The number of benzene rings is 2. The Bertz CT molecular complexity index is 530. The molecule has 3 heteroatoms. The van der Waals surface area contributed by atoms with Crippen LogP contribution in [0.15, 0.2) is 59.5 Å². The Morgan fingerprint density at radius 1 is 1.10 bits per heavy atom. The van der Waals surface area contributed by atoms with Crippen molar-refractivity contribution in [2.45, 2.75) is 30.0 Å². The third-order valence-electron chi connectivity index (χ3n) is 3.17. The molecule has 2 unspecified atom stereocenters. The van der Waals surface area contributed by atoms with Crippen LogP contribution in [-0.4, -0.2) is 11.8 Å². The number of rotatable bonds is 6. The highest BCUT2D eigenvalue weighted by atomic mass is 32.2. The molecule has 0 aliphatic rings. The molecule has 106 valence electrons. The van der Waals surface area contributed by atoms with Crippen LogP contribution >= 0.6 is 11.8 Å². The molecule has 1 N–H and O–H groups in total. The minimum absolute atomic E-state index is 0.179. The maximum atomic E-state index is 13.3. The molecule has 2 aromatic rings. The van der Waals surface area contributed by atoms with E-state index in [-0.39, 0.29) is 11.9 Å². The van der Waals surface area contributed by atoms with Crippen LogP contribution in [0.1, 0.15) is 25.5 Å². The molecule has 0 spiro atoms. The van der Waals surface area contributed by atoms with Gasteiger partial charge in [0.15, 0.2) is 0 Å². The van der Waals surface area contributed by atoms with Gasteiger partial charge >= 0.3 is 0 Å². The number of halogens is 1. The second-order valence-corrected chi connectivity index (χ2v) is 6.18. The van der Waals surface area contributed by atoms with Crippen molar-refractivity contribution in [1.29, 1.82) is 0 Å². The molecule has 0 aliphatic heterocycles. The van der Waals surface area contributed by atoms with Crippen LogP contribution < -0.4 is 5.32 Å². The molecule has 0 saturated carbocycles. The molecule has 0 heterocycles. The van der Waals surface area contributed by atoms with Crippen molar-refractivity contribution < 1.29 is 4.39 Å². The first-order chi connectivity index (χ1) is 9.70. The van der Waals surface area contributed by atoms with Gasteiger partial charge in [0.25, 0.3) is 0 Å². The minimum Gasteiger partial charge on any atom is -0.309 e. The van der Waals surface area contributed by atoms with Gasteiger partial charge in [-0.15, -0.1) is 11.8 Å². The van der Waals surface area contributed by atoms with E-state index in [0.717, 1.165) is 11.4 Å². The van der Waals surface area contributed by atoms with Crippen molar-refractivity contribution in [3.05, 3.63) is 66.0 Å². The van der Waals surface area contributed by atoms with E-state index in [1.54, 1.807) is 23.9 Å². The van der Waals surface area contributed by atoms with Gasteiger partial charge in [-0.2, -0.15) is 0 Å². The normalized spacial score (nSPS) is 13.9. The summed E-state index contributed by atoms with van der Waals surface area (Å²) in [4.78, 5) is 0.969. The largest absolute Gasteiger partial charge is 0.309 e. The zero-order chi connectivity index (χ0) is 14.4. The third-order valence-corrected chi connectivity index (χ3v) is 4.34. The highest BCUT2D eigenvalue weighted by Gasteiger charge is 2.19. The van der Waals surface area contributed by atoms with Gasteiger partial charge in [0.1, 0.15) is 5.82 Å². The standard InChI is InChI=1S/C17H20FNS/c1-3-19-17(14-8-5-4-6-9-14)13(2)20-16-11-7-10-15(18)12-16/h4-13,17,19H,3H2,1-2H3. The first kappa shape index (κ1) is 15.1. The molecule has 0 aromatic heterocycles. The predicted molar refractivity (Wildman–Crippen MR) is 84.6 cm³/mol. The Balaban J connectivity index is 2.13. The maximum Gasteiger partial charge on any atom is 0.124 e. The van der Waals surface area contributed by atoms with Crippen molar-refractivity contribution in [1.82, 2.24) is 5.32 Å². The Morgan fingerprint density at radius 3 is 2.50 bits per heavy atom. The Morgan fingerprint density at radius 2 is 1.85 bits per heavy atom. The number of hydrogen-bond acceptors (Lipinski definition) is 2. The van der Waals surface area contributed by atoms with Gasteiger partial charge in [-0.05, 0) is 30.3 Å². The quantitative estimate of drug-likeness (QED) is 0.776. The average molecular weight is 289 g/mol. The lowest BCUT2D eigenvalue weighted by atomic mass is 10.0. The van der Waals surface area contributed by atoms with Gasteiger partial charge in [-0.1, -0.05) is 50.2 Å². The van der Waals surface area contributed by atoms with Gasteiger partial charge in [0.05, 0.1) is 0 Å². The summed E-state index contributed by atoms with van der Waals surface area (Å²) in [6, 6.07) is 17.5. The number of hydrogen-bond donors (Lipinski definition) is 1. The molecular weight excluding hydrogens is 269 g/mol. The van der Waals surface area contributed by atoms with Crippen LogP contribution in [0.4, 0.5) is 4.39 Å². The lowest BCUT2D eigenvalue weighted by Crippen LogP contribution is -2.28. The van der Waals surface area contributed by atoms with E-state index in [1.165, 1.54) is 11.6 Å². The highest BCUT2D eigenvalue weighted by Crippen LogP contribution is 2.32. The predicted octanol–water partition coefficient (Wildman–Crippen LogP) is 4.66. The van der Waals surface area contributed by atoms with Crippen LogP contribution in [-0.2, 0) is 0 Å². The summed E-state index contributed by atoms with van der Waals surface area (Å²) in [5.41, 5.74) is 1.27. The first-order valence-electron chi connectivity index (χ1n) is 6.91. The minimum atomic E-state index is -0.179. The lowest BCUT2D eigenvalue weighted by Gasteiger charge is -2.25. The summed E-state index contributed by atoms with van der Waals surface area (Å²) < 4.78 is 13.3. The molecule has 0 amide bonds. The molecule has 0 aliphatic carbocycles. The molecule has 0 bridgehead atoms. The second-order valence-electron chi connectivity index (χ2n) is 4.73. The van der Waals surface area contributed by atoms with Crippen LogP contribution in [0, 0.1) is 5.82 Å². The van der Waals surface area contributed by atoms with Gasteiger partial charge in [0, 0.05) is 16.2 Å². The van der Waals surface area contributed by atoms with Crippen molar-refractivity contribution in [2.24, 2.45) is 0 Å². The summed E-state index contributed by atoms with van der Waals surface area (Å²) in [5, 5.41) is 3.84. The lowest BCUT2D eigenvalue weighted by molar-refractivity contribution is 0.548. The average Bonchev–Trinajstić information content (AvgIpc) is 2.45. The zero-order valence-corrected chi connectivity index (χ0v) is 12.7. The molecule has 1 nitrogen and oxygen atoms in total. The van der Waals surface area contributed by atoms with Crippen molar-refractivity contribution in [3.63, 3.8) is 0 Å². The van der Waals surface area contributed by atoms with Crippen molar-refractivity contribution >= 4 is 11.8 Å². The van der Waals surface area contributed by atoms with Crippen LogP contribution in [0.25, 0.3) is 0 Å². The molecule has 2 aromatic carbocycles. The summed E-state index contributed by atoms with van der Waals surface area (Å²) >= 11 is 1.70. The Labute approximate surface area is 124 Å². The fourth-order valence-corrected chi connectivity index (χ4v) is 3.41. The van der Waals surface area contributed by atoms with Crippen LogP contribution in [0.3, 0.4) is 0 Å². The van der Waals surface area contributed by atoms with Gasteiger partial charge in [-0.25, -0.2) is 4.39 Å².